The van der Waals surface area contributed by atoms with Crippen LogP contribution in [0.2, 0.25) is 0 Å². The topological polar surface area (TPSA) is 64.2 Å². The first kappa shape index (κ1) is 9.21. The van der Waals surface area contributed by atoms with Gasteiger partial charge in [0.25, 0.3) is 0 Å². The van der Waals surface area contributed by atoms with Crippen molar-refractivity contribution in [2.75, 3.05) is 13.1 Å². The van der Waals surface area contributed by atoms with E-state index in [4.69, 9.17) is 5.73 Å². The number of likely N-dealkylation sites (tertiary alicyclic amines) is 1. The average Bonchev–Trinajstić information content (AvgIpc) is 2.75. The quantitative estimate of drug-likeness (QED) is 0.686. The second kappa shape index (κ2) is 3.79. The summed E-state index contributed by atoms with van der Waals surface area (Å²) in [6.07, 6.45) is 4.36. The Hall–Kier alpha value is -1.36. The Morgan fingerprint density at radius 2 is 2.50 bits per heavy atom. The van der Waals surface area contributed by atoms with E-state index in [0.29, 0.717) is 13.1 Å². The molecule has 0 radical (unpaired) electrons. The van der Waals surface area contributed by atoms with Gasteiger partial charge < -0.3 is 10.6 Å². The summed E-state index contributed by atoms with van der Waals surface area (Å²) in [7, 11) is 0. The van der Waals surface area contributed by atoms with Crippen molar-refractivity contribution in [2.45, 2.75) is 19.0 Å². The highest BCUT2D eigenvalue weighted by Gasteiger charge is 2.23. The first-order valence-corrected chi connectivity index (χ1v) is 4.76. The van der Waals surface area contributed by atoms with Crippen LogP contribution in [0.15, 0.2) is 18.5 Å². The third-order valence-electron chi connectivity index (χ3n) is 2.43. The van der Waals surface area contributed by atoms with Gasteiger partial charge >= 0.3 is 0 Å². The van der Waals surface area contributed by atoms with E-state index in [1.807, 2.05) is 6.07 Å². The molecule has 1 amide bonds. The molecule has 2 rings (SSSR count). The smallest absolute Gasteiger partial charge is 0.244 e. The zero-order valence-electron chi connectivity index (χ0n) is 7.97. The van der Waals surface area contributed by atoms with Crippen LogP contribution in [0.5, 0.6) is 0 Å². The van der Waals surface area contributed by atoms with Gasteiger partial charge in [0.05, 0.1) is 0 Å². The van der Waals surface area contributed by atoms with Crippen LogP contribution in [-0.2, 0) is 11.3 Å². The fraction of sp³-hybridized carbons (Fsp3) is 0.556. The van der Waals surface area contributed by atoms with Gasteiger partial charge in [-0.2, -0.15) is 5.10 Å². The molecule has 76 valence electrons. The van der Waals surface area contributed by atoms with Crippen molar-refractivity contribution in [3.05, 3.63) is 18.5 Å². The number of hydrogen-bond donors (Lipinski definition) is 1. The first-order chi connectivity index (χ1) is 6.75. The summed E-state index contributed by atoms with van der Waals surface area (Å²) in [5, 5.41) is 3.98. The summed E-state index contributed by atoms with van der Waals surface area (Å²) in [5.74, 6) is 0.0988. The SMILES string of the molecule is N[C@@H]1CCN(C(=O)Cn2cccn2)C1. The van der Waals surface area contributed by atoms with E-state index in [9.17, 15) is 4.79 Å². The standard InChI is InChI=1S/C9H14N4O/c10-8-2-5-12(6-8)9(14)7-13-4-1-3-11-13/h1,3-4,8H,2,5-7,10H2/t8-/m1/s1. The monoisotopic (exact) mass is 194 g/mol. The minimum Gasteiger partial charge on any atom is -0.339 e. The first-order valence-electron chi connectivity index (χ1n) is 4.76. The number of nitrogens with two attached hydrogens (primary N) is 1. The highest BCUT2D eigenvalue weighted by atomic mass is 16.2. The zero-order chi connectivity index (χ0) is 9.97. The van der Waals surface area contributed by atoms with Crippen molar-refractivity contribution >= 4 is 5.91 Å². The maximum Gasteiger partial charge on any atom is 0.244 e. The van der Waals surface area contributed by atoms with E-state index >= 15 is 0 Å². The van der Waals surface area contributed by atoms with Gasteiger partial charge in [-0.25, -0.2) is 0 Å². The number of carbonyl (C=O) groups excluding carboxylic acids is 1. The van der Waals surface area contributed by atoms with Gasteiger partial charge in [0.2, 0.25) is 5.91 Å². The van der Waals surface area contributed by atoms with Crippen LogP contribution in [0.3, 0.4) is 0 Å². The molecule has 0 saturated carbocycles. The van der Waals surface area contributed by atoms with Crippen LogP contribution in [0, 0.1) is 0 Å². The van der Waals surface area contributed by atoms with Crippen molar-refractivity contribution in [3.63, 3.8) is 0 Å². The summed E-state index contributed by atoms with van der Waals surface area (Å²) in [6, 6.07) is 1.96. The van der Waals surface area contributed by atoms with Gasteiger partial charge in [-0.3, -0.25) is 9.48 Å². The Kier molecular flexibility index (Phi) is 2.49. The van der Waals surface area contributed by atoms with Crippen LogP contribution in [-0.4, -0.2) is 39.7 Å². The van der Waals surface area contributed by atoms with Crippen LogP contribution >= 0.6 is 0 Å². The summed E-state index contributed by atoms with van der Waals surface area (Å²) in [6.45, 7) is 1.78. The van der Waals surface area contributed by atoms with Gasteiger partial charge in [-0.1, -0.05) is 0 Å². The molecular formula is C9H14N4O. The van der Waals surface area contributed by atoms with E-state index in [2.05, 4.69) is 5.10 Å². The van der Waals surface area contributed by atoms with Crippen LogP contribution in [0.25, 0.3) is 0 Å². The van der Waals surface area contributed by atoms with Crippen molar-refractivity contribution in [3.8, 4) is 0 Å². The van der Waals surface area contributed by atoms with Crippen LogP contribution in [0.4, 0.5) is 0 Å². The highest BCUT2D eigenvalue weighted by molar-refractivity contribution is 5.76. The van der Waals surface area contributed by atoms with Crippen molar-refractivity contribution < 1.29 is 4.79 Å². The number of rotatable bonds is 2. The van der Waals surface area contributed by atoms with E-state index in [-0.39, 0.29) is 11.9 Å². The minimum atomic E-state index is 0.0988. The highest BCUT2D eigenvalue weighted by Crippen LogP contribution is 2.07. The molecule has 1 aromatic rings. The third-order valence-corrected chi connectivity index (χ3v) is 2.43. The molecule has 0 bridgehead atoms. The molecule has 1 aromatic heterocycles. The summed E-state index contributed by atoms with van der Waals surface area (Å²) < 4.78 is 1.63. The molecule has 0 spiro atoms. The van der Waals surface area contributed by atoms with Crippen molar-refractivity contribution in [1.82, 2.24) is 14.7 Å². The predicted octanol–water partition coefficient (Wildman–Crippen LogP) is -0.557. The van der Waals surface area contributed by atoms with E-state index in [0.717, 1.165) is 13.0 Å². The molecule has 14 heavy (non-hydrogen) atoms. The average molecular weight is 194 g/mol. The summed E-state index contributed by atoms with van der Waals surface area (Å²) in [4.78, 5) is 13.5. The molecule has 1 aliphatic rings. The molecule has 2 N–H and O–H groups in total. The summed E-state index contributed by atoms with van der Waals surface area (Å²) >= 11 is 0. The lowest BCUT2D eigenvalue weighted by Gasteiger charge is -2.15. The molecule has 1 aliphatic heterocycles. The van der Waals surface area contributed by atoms with E-state index < -0.39 is 0 Å². The Morgan fingerprint density at radius 1 is 1.64 bits per heavy atom. The summed E-state index contributed by atoms with van der Waals surface area (Å²) in [5.41, 5.74) is 5.72. The lowest BCUT2D eigenvalue weighted by atomic mass is 10.3. The van der Waals surface area contributed by atoms with Gasteiger partial charge in [0.15, 0.2) is 0 Å². The van der Waals surface area contributed by atoms with Crippen LogP contribution in [0.1, 0.15) is 6.42 Å². The number of aromatic nitrogens is 2. The molecule has 0 unspecified atom stereocenters. The molecule has 1 atom stereocenters. The van der Waals surface area contributed by atoms with Gasteiger partial charge in [0.1, 0.15) is 6.54 Å². The fourth-order valence-corrected chi connectivity index (χ4v) is 1.65. The lowest BCUT2D eigenvalue weighted by Crippen LogP contribution is -2.34. The molecular weight excluding hydrogens is 180 g/mol. The molecule has 1 fully saturated rings. The second-order valence-corrected chi connectivity index (χ2v) is 3.59. The molecule has 5 heteroatoms. The van der Waals surface area contributed by atoms with Crippen molar-refractivity contribution in [2.24, 2.45) is 5.73 Å². The van der Waals surface area contributed by atoms with Gasteiger partial charge in [-0.05, 0) is 12.5 Å². The normalized spacial score (nSPS) is 21.5. The maximum absolute atomic E-state index is 11.7. The number of nitrogens with zero attached hydrogens (tertiary/aromatic N) is 3. The predicted molar refractivity (Wildman–Crippen MR) is 51.4 cm³/mol. The largest absolute Gasteiger partial charge is 0.339 e. The Bertz CT molecular complexity index is 309. The minimum absolute atomic E-state index is 0.0988. The Morgan fingerprint density at radius 3 is 3.07 bits per heavy atom. The molecule has 5 nitrogen and oxygen atoms in total. The fourth-order valence-electron chi connectivity index (χ4n) is 1.65. The number of carbonyl (C=O) groups is 1. The van der Waals surface area contributed by atoms with Gasteiger partial charge in [0, 0.05) is 31.5 Å². The Balaban J connectivity index is 1.90. The maximum atomic E-state index is 11.7. The second-order valence-electron chi connectivity index (χ2n) is 3.59. The molecule has 0 aliphatic carbocycles. The van der Waals surface area contributed by atoms with E-state index in [1.54, 1.807) is 22.0 Å². The molecule has 0 aromatic carbocycles. The Labute approximate surface area is 82.5 Å². The third kappa shape index (κ3) is 1.93. The van der Waals surface area contributed by atoms with Crippen molar-refractivity contribution in [1.29, 1.82) is 0 Å². The zero-order valence-corrected chi connectivity index (χ0v) is 7.97. The number of amides is 1. The lowest BCUT2D eigenvalue weighted by molar-refractivity contribution is -0.131. The molecule has 2 heterocycles. The van der Waals surface area contributed by atoms with Gasteiger partial charge in [-0.15, -0.1) is 0 Å². The van der Waals surface area contributed by atoms with E-state index in [1.165, 1.54) is 0 Å². The molecule has 1 saturated heterocycles. The number of hydrogen-bond acceptors (Lipinski definition) is 3. The van der Waals surface area contributed by atoms with Crippen LogP contribution < -0.4 is 5.73 Å².